The van der Waals surface area contributed by atoms with E-state index in [0.717, 1.165) is 0 Å². The summed E-state index contributed by atoms with van der Waals surface area (Å²) in [5.74, 6) is -0.588. The second-order valence-electron chi connectivity index (χ2n) is 4.88. The fourth-order valence-electron chi connectivity index (χ4n) is 2.21. The first kappa shape index (κ1) is 15.1. The lowest BCUT2D eigenvalue weighted by molar-refractivity contribution is 0.100. The normalized spacial score (nSPS) is 15.3. The van der Waals surface area contributed by atoms with Gasteiger partial charge in [-0.15, -0.1) is 0 Å². The van der Waals surface area contributed by atoms with Crippen molar-refractivity contribution in [1.29, 1.82) is 5.26 Å². The first-order valence-electron chi connectivity index (χ1n) is 6.56. The van der Waals surface area contributed by atoms with E-state index in [0.29, 0.717) is 31.6 Å². The number of primary amides is 1. The Kier molecular flexibility index (Phi) is 4.66. The Labute approximate surface area is 127 Å². The Balaban J connectivity index is 1.99. The molecule has 0 saturated carbocycles. The number of urea groups is 1. The molecule has 0 unspecified atom stereocenters. The van der Waals surface area contributed by atoms with Gasteiger partial charge in [-0.2, -0.15) is 5.26 Å². The highest BCUT2D eigenvalue weighted by atomic mass is 35.5. The molecule has 1 aromatic carbocycles. The minimum Gasteiger partial charge on any atom is -0.366 e. The number of anilines is 1. The molecule has 3 N–H and O–H groups in total. The Morgan fingerprint density at radius 3 is 2.57 bits per heavy atom. The Morgan fingerprint density at radius 1 is 1.38 bits per heavy atom. The molecule has 0 aromatic heterocycles. The summed E-state index contributed by atoms with van der Waals surface area (Å²) in [6.45, 7) is 1.11. The van der Waals surface area contributed by atoms with Crippen molar-refractivity contribution in [1.82, 2.24) is 4.90 Å². The number of amides is 3. The number of nitrogens with two attached hydrogens (primary N) is 1. The molecule has 1 saturated heterocycles. The topological polar surface area (TPSA) is 99.2 Å². The number of hydrogen-bond donors (Lipinski definition) is 2. The maximum Gasteiger partial charge on any atom is 0.321 e. The molecular weight excluding hydrogens is 292 g/mol. The van der Waals surface area contributed by atoms with Crippen molar-refractivity contribution in [3.05, 3.63) is 28.8 Å². The first-order chi connectivity index (χ1) is 10.0. The molecule has 1 aliphatic rings. The molecule has 1 heterocycles. The highest BCUT2D eigenvalue weighted by molar-refractivity contribution is 6.34. The number of rotatable bonds is 2. The molecule has 110 valence electrons. The minimum absolute atomic E-state index is 0.0262. The summed E-state index contributed by atoms with van der Waals surface area (Å²) in [4.78, 5) is 24.8. The zero-order valence-electron chi connectivity index (χ0n) is 11.3. The van der Waals surface area contributed by atoms with Gasteiger partial charge in [0, 0.05) is 24.7 Å². The Bertz CT molecular complexity index is 603. The fourth-order valence-corrected chi connectivity index (χ4v) is 2.48. The number of nitriles is 1. The van der Waals surface area contributed by atoms with Crippen LogP contribution in [0.15, 0.2) is 18.2 Å². The number of nitrogens with one attached hydrogen (secondary N) is 1. The Morgan fingerprint density at radius 2 is 2.05 bits per heavy atom. The molecule has 1 fully saturated rings. The number of carbonyl (C=O) groups excluding carboxylic acids is 2. The van der Waals surface area contributed by atoms with Crippen LogP contribution in [0.25, 0.3) is 0 Å². The first-order valence-corrected chi connectivity index (χ1v) is 6.94. The van der Waals surface area contributed by atoms with Crippen molar-refractivity contribution >= 4 is 29.2 Å². The van der Waals surface area contributed by atoms with Crippen molar-refractivity contribution in [3.8, 4) is 6.07 Å². The maximum absolute atomic E-state index is 12.1. The summed E-state index contributed by atoms with van der Waals surface area (Å²) in [5.41, 5.74) is 5.87. The van der Waals surface area contributed by atoms with Gasteiger partial charge in [-0.05, 0) is 31.0 Å². The Hall–Kier alpha value is -2.26. The van der Waals surface area contributed by atoms with Gasteiger partial charge < -0.3 is 16.0 Å². The summed E-state index contributed by atoms with van der Waals surface area (Å²) in [7, 11) is 0. The zero-order chi connectivity index (χ0) is 15.4. The molecular formula is C14H15ClN4O2. The van der Waals surface area contributed by atoms with Crippen molar-refractivity contribution in [3.63, 3.8) is 0 Å². The number of carbonyl (C=O) groups is 2. The minimum atomic E-state index is -0.614. The molecule has 7 heteroatoms. The van der Waals surface area contributed by atoms with Gasteiger partial charge in [-0.3, -0.25) is 4.79 Å². The van der Waals surface area contributed by atoms with E-state index in [1.807, 2.05) is 0 Å². The van der Waals surface area contributed by atoms with Gasteiger partial charge in [-0.25, -0.2) is 4.79 Å². The second-order valence-corrected chi connectivity index (χ2v) is 5.29. The van der Waals surface area contributed by atoms with Gasteiger partial charge in [0.15, 0.2) is 0 Å². The lowest BCUT2D eigenvalue weighted by atomic mass is 9.99. The van der Waals surface area contributed by atoms with Crippen LogP contribution in [0.5, 0.6) is 0 Å². The molecule has 1 aromatic rings. The van der Waals surface area contributed by atoms with Gasteiger partial charge in [-0.1, -0.05) is 11.6 Å². The van der Waals surface area contributed by atoms with E-state index in [2.05, 4.69) is 11.4 Å². The van der Waals surface area contributed by atoms with Crippen molar-refractivity contribution in [2.75, 3.05) is 18.4 Å². The highest BCUT2D eigenvalue weighted by Crippen LogP contribution is 2.22. The van der Waals surface area contributed by atoms with Crippen molar-refractivity contribution in [2.24, 2.45) is 11.7 Å². The average Bonchev–Trinajstić information content (AvgIpc) is 2.47. The molecule has 0 atom stereocenters. The predicted octanol–water partition coefficient (Wildman–Crippen LogP) is 2.21. The van der Waals surface area contributed by atoms with Crippen LogP contribution in [-0.4, -0.2) is 29.9 Å². The van der Waals surface area contributed by atoms with E-state index in [9.17, 15) is 9.59 Å². The van der Waals surface area contributed by atoms with Gasteiger partial charge in [0.05, 0.1) is 16.7 Å². The number of piperidine rings is 1. The van der Waals surface area contributed by atoms with Gasteiger partial charge >= 0.3 is 6.03 Å². The third kappa shape index (κ3) is 3.64. The van der Waals surface area contributed by atoms with Crippen LogP contribution < -0.4 is 11.1 Å². The van der Waals surface area contributed by atoms with E-state index in [1.165, 1.54) is 12.1 Å². The van der Waals surface area contributed by atoms with E-state index < -0.39 is 5.91 Å². The number of benzene rings is 1. The van der Waals surface area contributed by atoms with E-state index in [-0.39, 0.29) is 22.5 Å². The summed E-state index contributed by atoms with van der Waals surface area (Å²) < 4.78 is 0. The van der Waals surface area contributed by atoms with E-state index >= 15 is 0 Å². The fraction of sp³-hybridized carbons (Fsp3) is 0.357. The lowest BCUT2D eigenvalue weighted by Gasteiger charge is -2.29. The van der Waals surface area contributed by atoms with Crippen LogP contribution in [0.3, 0.4) is 0 Å². The van der Waals surface area contributed by atoms with Gasteiger partial charge in [0.1, 0.15) is 0 Å². The van der Waals surface area contributed by atoms with Crippen LogP contribution >= 0.6 is 11.6 Å². The van der Waals surface area contributed by atoms with Crippen LogP contribution in [0.1, 0.15) is 23.2 Å². The summed E-state index contributed by atoms with van der Waals surface area (Å²) >= 11 is 5.93. The molecule has 2 rings (SSSR count). The lowest BCUT2D eigenvalue weighted by Crippen LogP contribution is -2.40. The van der Waals surface area contributed by atoms with Crippen LogP contribution in [-0.2, 0) is 0 Å². The zero-order valence-corrected chi connectivity index (χ0v) is 12.1. The van der Waals surface area contributed by atoms with Crippen LogP contribution in [0.2, 0.25) is 5.02 Å². The van der Waals surface area contributed by atoms with Crippen molar-refractivity contribution < 1.29 is 9.59 Å². The third-order valence-electron chi connectivity index (χ3n) is 3.45. The number of halogens is 1. The highest BCUT2D eigenvalue weighted by Gasteiger charge is 2.22. The van der Waals surface area contributed by atoms with E-state index in [4.69, 9.17) is 22.6 Å². The smallest absolute Gasteiger partial charge is 0.321 e. The standard InChI is InChI=1S/C14H15ClN4O2/c15-12-7-10(1-2-11(12)13(17)20)18-14(21)19-5-3-9(8-16)4-6-19/h1-2,7,9H,3-6H2,(H2,17,20)(H,18,21). The maximum atomic E-state index is 12.1. The SMILES string of the molecule is N#CC1CCN(C(=O)Nc2ccc(C(N)=O)c(Cl)c2)CC1. The summed E-state index contributed by atoms with van der Waals surface area (Å²) in [6.07, 6.45) is 1.37. The molecule has 0 radical (unpaired) electrons. The quantitative estimate of drug-likeness (QED) is 0.876. The average molecular weight is 307 g/mol. The number of hydrogen-bond acceptors (Lipinski definition) is 3. The largest absolute Gasteiger partial charge is 0.366 e. The van der Waals surface area contributed by atoms with Gasteiger partial charge in [0.25, 0.3) is 0 Å². The van der Waals surface area contributed by atoms with Crippen LogP contribution in [0.4, 0.5) is 10.5 Å². The molecule has 1 aliphatic heterocycles. The molecule has 0 aliphatic carbocycles. The van der Waals surface area contributed by atoms with Crippen LogP contribution in [0, 0.1) is 17.2 Å². The summed E-state index contributed by atoms with van der Waals surface area (Å²) in [6, 6.07) is 6.51. The number of nitrogens with zero attached hydrogens (tertiary/aromatic N) is 2. The third-order valence-corrected chi connectivity index (χ3v) is 3.76. The second kappa shape index (κ2) is 6.46. The number of likely N-dealkylation sites (tertiary alicyclic amines) is 1. The molecule has 0 spiro atoms. The summed E-state index contributed by atoms with van der Waals surface area (Å²) in [5, 5.41) is 11.7. The predicted molar refractivity (Wildman–Crippen MR) is 78.9 cm³/mol. The molecule has 0 bridgehead atoms. The molecule has 3 amide bonds. The van der Waals surface area contributed by atoms with E-state index in [1.54, 1.807) is 11.0 Å². The van der Waals surface area contributed by atoms with Gasteiger partial charge in [0.2, 0.25) is 5.91 Å². The molecule has 6 nitrogen and oxygen atoms in total. The van der Waals surface area contributed by atoms with Crippen molar-refractivity contribution in [2.45, 2.75) is 12.8 Å². The molecule has 21 heavy (non-hydrogen) atoms. The monoisotopic (exact) mass is 306 g/mol.